The molecule has 0 amide bonds. The Bertz CT molecular complexity index is 770. The van der Waals surface area contributed by atoms with Gasteiger partial charge in [-0.05, 0) is 42.8 Å². The van der Waals surface area contributed by atoms with Crippen molar-refractivity contribution in [2.24, 2.45) is 0 Å². The van der Waals surface area contributed by atoms with E-state index in [1.807, 2.05) is 6.92 Å². The number of benzene rings is 2. The molecule has 1 aromatic heterocycles. The van der Waals surface area contributed by atoms with Crippen molar-refractivity contribution in [2.45, 2.75) is 13.5 Å². The molecule has 0 aliphatic rings. The zero-order chi connectivity index (χ0) is 14.1. The molecule has 3 rings (SSSR count). The molecule has 0 saturated carbocycles. The molecule has 0 aliphatic heterocycles. The van der Waals surface area contributed by atoms with Crippen LogP contribution in [-0.2, 0) is 6.54 Å². The fourth-order valence-corrected chi connectivity index (χ4v) is 3.00. The van der Waals surface area contributed by atoms with Crippen LogP contribution >= 0.6 is 22.9 Å². The Hall–Kier alpha value is -1.65. The van der Waals surface area contributed by atoms with Gasteiger partial charge >= 0.3 is 0 Å². The average Bonchev–Trinajstić information content (AvgIpc) is 2.79. The van der Waals surface area contributed by atoms with E-state index in [-0.39, 0.29) is 5.02 Å². The van der Waals surface area contributed by atoms with E-state index in [4.69, 9.17) is 11.6 Å². The number of hydrogen-bond acceptors (Lipinski definition) is 3. The Morgan fingerprint density at radius 1 is 1.25 bits per heavy atom. The fraction of sp³-hybridized carbons (Fsp3) is 0.133. The van der Waals surface area contributed by atoms with Crippen molar-refractivity contribution in [3.63, 3.8) is 0 Å². The first-order valence-electron chi connectivity index (χ1n) is 6.17. The van der Waals surface area contributed by atoms with Gasteiger partial charge < -0.3 is 5.32 Å². The third-order valence-corrected chi connectivity index (χ3v) is 4.22. The molecule has 2 aromatic carbocycles. The number of rotatable bonds is 3. The third kappa shape index (κ3) is 2.76. The number of aromatic nitrogens is 1. The smallest absolute Gasteiger partial charge is 0.141 e. The molecule has 20 heavy (non-hydrogen) atoms. The number of halogens is 2. The van der Waals surface area contributed by atoms with Crippen molar-refractivity contribution >= 4 is 38.8 Å². The summed E-state index contributed by atoms with van der Waals surface area (Å²) in [4.78, 5) is 4.47. The number of nitrogens with zero attached hydrogens (tertiary/aromatic N) is 1. The highest BCUT2D eigenvalue weighted by Gasteiger charge is 2.03. The van der Waals surface area contributed by atoms with Crippen molar-refractivity contribution in [1.82, 2.24) is 4.98 Å². The summed E-state index contributed by atoms with van der Waals surface area (Å²) in [6.07, 6.45) is 0. The number of hydrogen-bond donors (Lipinski definition) is 1. The van der Waals surface area contributed by atoms with Crippen LogP contribution in [0.15, 0.2) is 36.4 Å². The lowest BCUT2D eigenvalue weighted by Crippen LogP contribution is -1.99. The molecular formula is C15H12ClFN2S. The maximum absolute atomic E-state index is 13.1. The second-order valence-electron chi connectivity index (χ2n) is 4.52. The van der Waals surface area contributed by atoms with Gasteiger partial charge in [-0.15, -0.1) is 11.3 Å². The van der Waals surface area contributed by atoms with E-state index in [9.17, 15) is 4.39 Å². The van der Waals surface area contributed by atoms with Crippen LogP contribution in [0.2, 0.25) is 5.02 Å². The Labute approximate surface area is 125 Å². The first-order chi connectivity index (χ1) is 9.61. The van der Waals surface area contributed by atoms with Gasteiger partial charge in [0.15, 0.2) is 0 Å². The molecule has 102 valence electrons. The SMILES string of the molecule is Cc1nc2cc(CNc3ccc(F)c(Cl)c3)ccc2s1. The fourth-order valence-electron chi connectivity index (χ4n) is 2.01. The molecule has 0 fully saturated rings. The van der Waals surface area contributed by atoms with E-state index >= 15 is 0 Å². The predicted octanol–water partition coefficient (Wildman–Crippen LogP) is 5.01. The summed E-state index contributed by atoms with van der Waals surface area (Å²) in [6, 6.07) is 10.8. The second-order valence-corrected chi connectivity index (χ2v) is 6.16. The van der Waals surface area contributed by atoms with Gasteiger partial charge in [-0.25, -0.2) is 9.37 Å². The van der Waals surface area contributed by atoms with E-state index < -0.39 is 5.82 Å². The van der Waals surface area contributed by atoms with E-state index in [0.29, 0.717) is 6.54 Å². The first kappa shape index (κ1) is 13.3. The Morgan fingerprint density at radius 3 is 2.90 bits per heavy atom. The molecular weight excluding hydrogens is 295 g/mol. The summed E-state index contributed by atoms with van der Waals surface area (Å²) in [5.74, 6) is -0.406. The molecule has 0 atom stereocenters. The molecule has 0 bridgehead atoms. The van der Waals surface area contributed by atoms with Gasteiger partial charge in [0.2, 0.25) is 0 Å². The lowest BCUT2D eigenvalue weighted by Gasteiger charge is -2.07. The minimum atomic E-state index is -0.406. The normalized spacial score (nSPS) is 10.9. The van der Waals surface area contributed by atoms with Crippen molar-refractivity contribution < 1.29 is 4.39 Å². The molecule has 0 aliphatic carbocycles. The summed E-state index contributed by atoms with van der Waals surface area (Å²) in [6.45, 7) is 2.65. The van der Waals surface area contributed by atoms with Crippen LogP contribution in [-0.4, -0.2) is 4.98 Å². The standard InChI is InChI=1S/C15H12ClFN2S/c1-9-19-14-6-10(2-5-15(14)20-9)8-18-11-3-4-13(17)12(16)7-11/h2-7,18H,8H2,1H3. The van der Waals surface area contributed by atoms with Crippen LogP contribution in [0.1, 0.15) is 10.6 Å². The van der Waals surface area contributed by atoms with E-state index in [1.54, 1.807) is 23.5 Å². The maximum atomic E-state index is 13.1. The van der Waals surface area contributed by atoms with Crippen molar-refractivity contribution in [3.05, 3.63) is 57.8 Å². The molecule has 2 nitrogen and oxygen atoms in total. The highest BCUT2D eigenvalue weighted by atomic mass is 35.5. The number of aryl methyl sites for hydroxylation is 1. The molecule has 0 unspecified atom stereocenters. The molecule has 1 heterocycles. The molecule has 0 radical (unpaired) electrons. The summed E-state index contributed by atoms with van der Waals surface area (Å²) in [7, 11) is 0. The summed E-state index contributed by atoms with van der Waals surface area (Å²) in [5.41, 5.74) is 2.94. The zero-order valence-corrected chi connectivity index (χ0v) is 12.4. The lowest BCUT2D eigenvalue weighted by molar-refractivity contribution is 0.628. The highest BCUT2D eigenvalue weighted by Crippen LogP contribution is 2.23. The van der Waals surface area contributed by atoms with Gasteiger partial charge in [0.05, 0.1) is 20.2 Å². The molecule has 0 spiro atoms. The van der Waals surface area contributed by atoms with E-state index in [1.165, 1.54) is 10.8 Å². The van der Waals surface area contributed by atoms with Crippen LogP contribution in [0.4, 0.5) is 10.1 Å². The van der Waals surface area contributed by atoms with Crippen molar-refractivity contribution in [3.8, 4) is 0 Å². The zero-order valence-electron chi connectivity index (χ0n) is 10.8. The number of nitrogens with one attached hydrogen (secondary N) is 1. The molecule has 5 heteroatoms. The van der Waals surface area contributed by atoms with Crippen molar-refractivity contribution in [2.75, 3.05) is 5.32 Å². The monoisotopic (exact) mass is 306 g/mol. The van der Waals surface area contributed by atoms with Gasteiger partial charge in [0.25, 0.3) is 0 Å². The number of anilines is 1. The summed E-state index contributed by atoms with van der Waals surface area (Å²) in [5, 5.41) is 4.42. The Balaban J connectivity index is 1.77. The highest BCUT2D eigenvalue weighted by molar-refractivity contribution is 7.18. The third-order valence-electron chi connectivity index (χ3n) is 2.98. The minimum absolute atomic E-state index is 0.126. The van der Waals surface area contributed by atoms with E-state index in [0.717, 1.165) is 21.8 Å². The number of thiazole rings is 1. The summed E-state index contributed by atoms with van der Waals surface area (Å²) < 4.78 is 14.3. The lowest BCUT2D eigenvalue weighted by atomic mass is 10.2. The van der Waals surface area contributed by atoms with Gasteiger partial charge in [-0.2, -0.15) is 0 Å². The summed E-state index contributed by atoms with van der Waals surface area (Å²) >= 11 is 7.44. The maximum Gasteiger partial charge on any atom is 0.141 e. The van der Waals surface area contributed by atoms with Crippen LogP contribution in [0, 0.1) is 12.7 Å². The van der Waals surface area contributed by atoms with Gasteiger partial charge in [-0.1, -0.05) is 17.7 Å². The first-order valence-corrected chi connectivity index (χ1v) is 7.36. The quantitative estimate of drug-likeness (QED) is 0.736. The Morgan fingerprint density at radius 2 is 2.10 bits per heavy atom. The van der Waals surface area contributed by atoms with Gasteiger partial charge in [0.1, 0.15) is 5.82 Å². The van der Waals surface area contributed by atoms with E-state index in [2.05, 4.69) is 28.5 Å². The second kappa shape index (κ2) is 5.38. The van der Waals surface area contributed by atoms with Crippen LogP contribution in [0.3, 0.4) is 0 Å². The molecule has 0 saturated heterocycles. The minimum Gasteiger partial charge on any atom is -0.381 e. The predicted molar refractivity (Wildman–Crippen MR) is 83.1 cm³/mol. The Kier molecular flexibility index (Phi) is 3.59. The molecule has 1 N–H and O–H groups in total. The molecule has 3 aromatic rings. The van der Waals surface area contributed by atoms with Crippen LogP contribution in [0.5, 0.6) is 0 Å². The number of fused-ring (bicyclic) bond motifs is 1. The van der Waals surface area contributed by atoms with Gasteiger partial charge in [0, 0.05) is 12.2 Å². The van der Waals surface area contributed by atoms with Crippen molar-refractivity contribution in [1.29, 1.82) is 0 Å². The largest absolute Gasteiger partial charge is 0.381 e. The van der Waals surface area contributed by atoms with Gasteiger partial charge in [-0.3, -0.25) is 0 Å². The van der Waals surface area contributed by atoms with Crippen LogP contribution in [0.25, 0.3) is 10.2 Å². The average molecular weight is 307 g/mol. The van der Waals surface area contributed by atoms with Crippen LogP contribution < -0.4 is 5.32 Å². The topological polar surface area (TPSA) is 24.9 Å².